The third kappa shape index (κ3) is 2.33. The average Bonchev–Trinajstić information content (AvgIpc) is 3.17. The van der Waals surface area contributed by atoms with Crippen LogP contribution in [0.4, 0.5) is 0 Å². The monoisotopic (exact) mass is 243 g/mol. The minimum atomic E-state index is 0.488. The van der Waals surface area contributed by atoms with Gasteiger partial charge in [-0.25, -0.2) is 0 Å². The summed E-state index contributed by atoms with van der Waals surface area (Å²) in [5.74, 6) is 1.05. The first kappa shape index (κ1) is 12.2. The SMILES string of the molecule is Cc1ccc(C(C)NCC2(C3CC3)CC2)c(C)c1. The summed E-state index contributed by atoms with van der Waals surface area (Å²) in [6.07, 6.45) is 5.90. The Balaban J connectivity index is 1.62. The van der Waals surface area contributed by atoms with Gasteiger partial charge in [-0.05, 0) is 68.9 Å². The highest BCUT2D eigenvalue weighted by Crippen LogP contribution is 2.60. The topological polar surface area (TPSA) is 12.0 Å². The molecular weight excluding hydrogens is 218 g/mol. The minimum absolute atomic E-state index is 0.488. The van der Waals surface area contributed by atoms with Crippen LogP contribution in [0, 0.1) is 25.2 Å². The summed E-state index contributed by atoms with van der Waals surface area (Å²) < 4.78 is 0. The molecule has 2 saturated carbocycles. The molecule has 1 aromatic carbocycles. The molecular formula is C17H25N. The lowest BCUT2D eigenvalue weighted by atomic mass is 9.97. The summed E-state index contributed by atoms with van der Waals surface area (Å²) in [6, 6.07) is 7.30. The Kier molecular flexibility index (Phi) is 2.97. The maximum absolute atomic E-state index is 3.78. The lowest BCUT2D eigenvalue weighted by Crippen LogP contribution is -2.28. The molecule has 1 heteroatoms. The third-order valence-corrected chi connectivity index (χ3v) is 4.99. The largest absolute Gasteiger partial charge is 0.310 e. The number of hydrogen-bond donors (Lipinski definition) is 1. The number of benzene rings is 1. The van der Waals surface area contributed by atoms with E-state index in [0.717, 1.165) is 5.92 Å². The van der Waals surface area contributed by atoms with E-state index >= 15 is 0 Å². The van der Waals surface area contributed by atoms with Crippen molar-refractivity contribution in [2.45, 2.75) is 52.5 Å². The fraction of sp³-hybridized carbons (Fsp3) is 0.647. The molecule has 0 heterocycles. The molecule has 2 aliphatic carbocycles. The van der Waals surface area contributed by atoms with E-state index in [2.05, 4.69) is 44.3 Å². The number of hydrogen-bond acceptors (Lipinski definition) is 1. The van der Waals surface area contributed by atoms with E-state index in [1.165, 1.54) is 48.9 Å². The van der Waals surface area contributed by atoms with Crippen LogP contribution in [0.15, 0.2) is 18.2 Å². The minimum Gasteiger partial charge on any atom is -0.310 e. The van der Waals surface area contributed by atoms with Crippen LogP contribution in [0.1, 0.15) is 55.3 Å². The summed E-state index contributed by atoms with van der Waals surface area (Å²) in [6.45, 7) is 7.93. The van der Waals surface area contributed by atoms with Gasteiger partial charge in [0.15, 0.2) is 0 Å². The van der Waals surface area contributed by atoms with Crippen LogP contribution in [0.5, 0.6) is 0 Å². The van der Waals surface area contributed by atoms with Crippen LogP contribution in [0.2, 0.25) is 0 Å². The fourth-order valence-corrected chi connectivity index (χ4v) is 3.36. The second-order valence-corrected chi connectivity index (χ2v) is 6.60. The van der Waals surface area contributed by atoms with Gasteiger partial charge in [0.05, 0.1) is 0 Å². The Morgan fingerprint density at radius 2 is 2.00 bits per heavy atom. The fourth-order valence-electron chi connectivity index (χ4n) is 3.36. The van der Waals surface area contributed by atoms with Crippen LogP contribution in [-0.4, -0.2) is 6.54 Å². The van der Waals surface area contributed by atoms with Crippen LogP contribution >= 0.6 is 0 Å². The Hall–Kier alpha value is -0.820. The van der Waals surface area contributed by atoms with Gasteiger partial charge >= 0.3 is 0 Å². The summed E-state index contributed by atoms with van der Waals surface area (Å²) in [5, 5.41) is 3.78. The molecule has 1 atom stereocenters. The quantitative estimate of drug-likeness (QED) is 0.819. The highest BCUT2D eigenvalue weighted by atomic mass is 14.9. The molecule has 98 valence electrons. The molecule has 1 unspecified atom stereocenters. The number of nitrogens with one attached hydrogen (secondary N) is 1. The molecule has 0 radical (unpaired) electrons. The maximum atomic E-state index is 3.78. The smallest absolute Gasteiger partial charge is 0.0294 e. The number of rotatable bonds is 5. The first-order chi connectivity index (χ1) is 8.61. The van der Waals surface area contributed by atoms with Gasteiger partial charge in [-0.1, -0.05) is 23.8 Å². The van der Waals surface area contributed by atoms with Crippen molar-refractivity contribution in [3.63, 3.8) is 0 Å². The molecule has 0 bridgehead atoms. The standard InChI is InChI=1S/C17H25N/c1-12-4-7-16(13(2)10-12)14(3)18-11-17(8-9-17)15-5-6-15/h4,7,10,14-15,18H,5-6,8-9,11H2,1-3H3. The van der Waals surface area contributed by atoms with E-state index in [-0.39, 0.29) is 0 Å². The van der Waals surface area contributed by atoms with Crippen molar-refractivity contribution in [2.75, 3.05) is 6.54 Å². The van der Waals surface area contributed by atoms with Gasteiger partial charge in [-0.3, -0.25) is 0 Å². The van der Waals surface area contributed by atoms with Crippen molar-refractivity contribution < 1.29 is 0 Å². The van der Waals surface area contributed by atoms with Gasteiger partial charge < -0.3 is 5.32 Å². The predicted molar refractivity (Wildman–Crippen MR) is 76.7 cm³/mol. The highest BCUT2D eigenvalue weighted by molar-refractivity contribution is 5.32. The van der Waals surface area contributed by atoms with E-state index < -0.39 is 0 Å². The Bertz CT molecular complexity index is 441. The maximum Gasteiger partial charge on any atom is 0.0294 e. The Morgan fingerprint density at radius 1 is 1.28 bits per heavy atom. The first-order valence-electron chi connectivity index (χ1n) is 7.41. The normalized spacial score (nSPS) is 22.8. The summed E-state index contributed by atoms with van der Waals surface area (Å²) >= 11 is 0. The third-order valence-electron chi connectivity index (χ3n) is 4.99. The van der Waals surface area contributed by atoms with Gasteiger partial charge in [0, 0.05) is 12.6 Å². The lowest BCUT2D eigenvalue weighted by Gasteiger charge is -2.21. The molecule has 2 fully saturated rings. The van der Waals surface area contributed by atoms with Gasteiger partial charge in [-0.15, -0.1) is 0 Å². The van der Waals surface area contributed by atoms with E-state index in [1.807, 2.05) is 0 Å². The zero-order valence-corrected chi connectivity index (χ0v) is 11.9. The van der Waals surface area contributed by atoms with Gasteiger partial charge in [0.1, 0.15) is 0 Å². The Morgan fingerprint density at radius 3 is 2.56 bits per heavy atom. The zero-order chi connectivity index (χ0) is 12.8. The van der Waals surface area contributed by atoms with Crippen LogP contribution < -0.4 is 5.32 Å². The average molecular weight is 243 g/mol. The van der Waals surface area contributed by atoms with Crippen molar-refractivity contribution in [3.8, 4) is 0 Å². The second kappa shape index (κ2) is 4.38. The first-order valence-corrected chi connectivity index (χ1v) is 7.41. The molecule has 1 nitrogen and oxygen atoms in total. The van der Waals surface area contributed by atoms with Crippen LogP contribution in [0.25, 0.3) is 0 Å². The molecule has 1 aromatic rings. The Labute approximate surface area is 111 Å². The van der Waals surface area contributed by atoms with Crippen LogP contribution in [0.3, 0.4) is 0 Å². The molecule has 0 aromatic heterocycles. The van der Waals surface area contributed by atoms with Crippen LogP contribution in [-0.2, 0) is 0 Å². The second-order valence-electron chi connectivity index (χ2n) is 6.60. The van der Waals surface area contributed by atoms with Crippen molar-refractivity contribution in [1.29, 1.82) is 0 Å². The van der Waals surface area contributed by atoms with Crippen molar-refractivity contribution in [3.05, 3.63) is 34.9 Å². The molecule has 0 aliphatic heterocycles. The number of aryl methyl sites for hydroxylation is 2. The molecule has 18 heavy (non-hydrogen) atoms. The highest BCUT2D eigenvalue weighted by Gasteiger charge is 2.53. The van der Waals surface area contributed by atoms with Crippen molar-refractivity contribution >= 4 is 0 Å². The molecule has 2 aliphatic rings. The van der Waals surface area contributed by atoms with Gasteiger partial charge in [0.25, 0.3) is 0 Å². The van der Waals surface area contributed by atoms with Crippen molar-refractivity contribution in [2.24, 2.45) is 11.3 Å². The lowest BCUT2D eigenvalue weighted by molar-refractivity contribution is 0.381. The molecule has 1 N–H and O–H groups in total. The summed E-state index contributed by atoms with van der Waals surface area (Å²) in [4.78, 5) is 0. The van der Waals surface area contributed by atoms with E-state index in [4.69, 9.17) is 0 Å². The van der Waals surface area contributed by atoms with E-state index in [1.54, 1.807) is 0 Å². The van der Waals surface area contributed by atoms with Gasteiger partial charge in [-0.2, -0.15) is 0 Å². The summed E-state index contributed by atoms with van der Waals surface area (Å²) in [7, 11) is 0. The molecule has 0 spiro atoms. The molecule has 0 amide bonds. The van der Waals surface area contributed by atoms with E-state index in [0.29, 0.717) is 11.5 Å². The summed E-state index contributed by atoms with van der Waals surface area (Å²) in [5.41, 5.74) is 4.95. The zero-order valence-electron chi connectivity index (χ0n) is 11.9. The van der Waals surface area contributed by atoms with Gasteiger partial charge in [0.2, 0.25) is 0 Å². The predicted octanol–water partition coefficient (Wildman–Crippen LogP) is 4.14. The molecule has 3 rings (SSSR count). The van der Waals surface area contributed by atoms with Crippen molar-refractivity contribution in [1.82, 2.24) is 5.32 Å². The van der Waals surface area contributed by atoms with E-state index in [9.17, 15) is 0 Å². The molecule has 0 saturated heterocycles.